The topological polar surface area (TPSA) is 59.0 Å². The first-order valence-corrected chi connectivity index (χ1v) is 8.53. The van der Waals surface area contributed by atoms with Crippen molar-refractivity contribution in [3.63, 3.8) is 0 Å². The maximum absolute atomic E-state index is 13.6. The van der Waals surface area contributed by atoms with Gasteiger partial charge in [0.2, 0.25) is 0 Å². The number of ketones is 1. The van der Waals surface area contributed by atoms with Crippen molar-refractivity contribution in [3.8, 4) is 5.75 Å². The third kappa shape index (κ3) is 3.93. The van der Waals surface area contributed by atoms with Crippen molar-refractivity contribution < 1.29 is 27.2 Å². The lowest BCUT2D eigenvalue weighted by Gasteiger charge is -2.15. The average molecular weight is 389 g/mol. The fourth-order valence-electron chi connectivity index (χ4n) is 3.03. The van der Waals surface area contributed by atoms with Crippen molar-refractivity contribution in [2.45, 2.75) is 26.2 Å². The molecule has 3 rings (SSSR count). The lowest BCUT2D eigenvalue weighted by atomic mass is 9.93. The van der Waals surface area contributed by atoms with Gasteiger partial charge in [-0.2, -0.15) is 10.1 Å². The Morgan fingerprint density at radius 1 is 1.29 bits per heavy atom. The van der Waals surface area contributed by atoms with Gasteiger partial charge in [-0.25, -0.2) is 8.78 Å². The van der Waals surface area contributed by atoms with Gasteiger partial charge in [-0.1, -0.05) is 18.2 Å². The van der Waals surface area contributed by atoms with Gasteiger partial charge in [-0.15, -0.1) is 0 Å². The number of carbonyl (C=O) groups excluding carboxylic acids is 2. The third-order valence-electron chi connectivity index (χ3n) is 4.46. The van der Waals surface area contributed by atoms with Crippen LogP contribution in [0.4, 0.5) is 14.5 Å². The number of Topliss-reactive ketones (excluding diaryl/α,β-unsaturated/α-hetero) is 1. The van der Waals surface area contributed by atoms with Gasteiger partial charge in [0.1, 0.15) is 11.7 Å². The summed E-state index contributed by atoms with van der Waals surface area (Å²) >= 11 is 0. The number of carbonyl (C=O) groups is 2. The SMILES string of the molecule is [2H]C([2H])([2H])Oc1ccc(N2N=C(C)C(C(=O)Cc3cccc(C(C)(F)F)c3)C2=O)cc1. The Bertz CT molecular complexity index is 1030. The Morgan fingerprint density at radius 3 is 2.64 bits per heavy atom. The van der Waals surface area contributed by atoms with Gasteiger partial charge in [0.15, 0.2) is 5.78 Å². The van der Waals surface area contributed by atoms with Crippen LogP contribution in [0.5, 0.6) is 5.75 Å². The summed E-state index contributed by atoms with van der Waals surface area (Å²) in [5.74, 6) is -5.08. The number of nitrogens with zero attached hydrogens (tertiary/aromatic N) is 2. The Hall–Kier alpha value is -3.09. The molecule has 2 aromatic carbocycles. The van der Waals surface area contributed by atoms with Crippen molar-refractivity contribution in [1.82, 2.24) is 0 Å². The smallest absolute Gasteiger partial charge is 0.270 e. The number of benzene rings is 2. The van der Waals surface area contributed by atoms with E-state index in [-0.39, 0.29) is 23.4 Å². The zero-order valence-electron chi connectivity index (χ0n) is 18.3. The summed E-state index contributed by atoms with van der Waals surface area (Å²) in [5.41, 5.74) is 0.802. The van der Waals surface area contributed by atoms with Gasteiger partial charge in [0, 0.05) is 18.9 Å². The number of ether oxygens (including phenoxy) is 1. The summed E-state index contributed by atoms with van der Waals surface area (Å²) in [4.78, 5) is 25.6. The molecule has 0 fully saturated rings. The monoisotopic (exact) mass is 389 g/mol. The molecule has 0 N–H and O–H groups in total. The van der Waals surface area contributed by atoms with Gasteiger partial charge in [-0.05, 0) is 42.8 Å². The standard InChI is InChI=1S/C21H20F2N2O3/c1-13-19(18(26)12-14-5-4-6-15(11-14)21(2,22)23)20(27)25(24-13)16-7-9-17(28-3)10-8-16/h4-11,19H,12H2,1-3H3/i3D3. The van der Waals surface area contributed by atoms with Crippen molar-refractivity contribution in [1.29, 1.82) is 0 Å². The summed E-state index contributed by atoms with van der Waals surface area (Å²) in [5, 5.41) is 5.22. The second-order valence-corrected chi connectivity index (χ2v) is 6.65. The predicted molar refractivity (Wildman–Crippen MR) is 102 cm³/mol. The molecule has 0 aromatic heterocycles. The predicted octanol–water partition coefficient (Wildman–Crippen LogP) is 3.96. The Balaban J connectivity index is 1.74. The fraction of sp³-hybridized carbons (Fsp3) is 0.286. The van der Waals surface area contributed by atoms with E-state index >= 15 is 0 Å². The van der Waals surface area contributed by atoms with Crippen LogP contribution in [-0.2, 0) is 21.9 Å². The number of hydrazone groups is 1. The number of alkyl halides is 2. The number of hydrogen-bond donors (Lipinski definition) is 0. The van der Waals surface area contributed by atoms with Gasteiger partial charge >= 0.3 is 0 Å². The molecular formula is C21H20F2N2O3. The summed E-state index contributed by atoms with van der Waals surface area (Å²) in [6, 6.07) is 11.2. The van der Waals surface area contributed by atoms with Gasteiger partial charge in [0.05, 0.1) is 22.5 Å². The number of anilines is 1. The second-order valence-electron chi connectivity index (χ2n) is 6.65. The molecular weight excluding hydrogens is 366 g/mol. The molecule has 1 heterocycles. The molecule has 0 radical (unpaired) electrons. The molecule has 28 heavy (non-hydrogen) atoms. The Kier molecular flexibility index (Phi) is 4.26. The van der Waals surface area contributed by atoms with Crippen LogP contribution in [-0.4, -0.2) is 24.4 Å². The van der Waals surface area contributed by atoms with Crippen LogP contribution in [0, 0.1) is 5.92 Å². The zero-order chi connectivity index (χ0) is 23.0. The molecule has 0 saturated heterocycles. The van der Waals surface area contributed by atoms with Crippen molar-refractivity contribution in [2.24, 2.45) is 11.0 Å². The minimum absolute atomic E-state index is 0.0938. The summed E-state index contributed by atoms with van der Waals surface area (Å²) < 4.78 is 53.2. The lowest BCUT2D eigenvalue weighted by Crippen LogP contribution is -2.33. The first kappa shape index (κ1) is 15.9. The highest BCUT2D eigenvalue weighted by atomic mass is 19.3. The van der Waals surface area contributed by atoms with Crippen molar-refractivity contribution in [3.05, 3.63) is 59.7 Å². The minimum Gasteiger partial charge on any atom is -0.497 e. The number of methoxy groups -OCH3 is 1. The zero-order valence-corrected chi connectivity index (χ0v) is 15.3. The third-order valence-corrected chi connectivity index (χ3v) is 4.46. The minimum atomic E-state index is -3.04. The fourth-order valence-corrected chi connectivity index (χ4v) is 3.03. The number of amides is 1. The summed E-state index contributed by atoms with van der Waals surface area (Å²) in [6.45, 7) is 2.32. The van der Waals surface area contributed by atoms with E-state index in [4.69, 9.17) is 8.85 Å². The van der Waals surface area contributed by atoms with Crippen LogP contribution in [0.2, 0.25) is 0 Å². The Labute approximate surface area is 165 Å². The van der Waals surface area contributed by atoms with E-state index in [1.165, 1.54) is 42.5 Å². The molecule has 146 valence electrons. The molecule has 0 saturated carbocycles. The molecule has 7 heteroatoms. The van der Waals surface area contributed by atoms with E-state index < -0.39 is 30.6 Å². The maximum Gasteiger partial charge on any atom is 0.270 e. The molecule has 1 amide bonds. The number of hydrogen-bond acceptors (Lipinski definition) is 4. The molecule has 1 aliphatic heterocycles. The maximum atomic E-state index is 13.6. The molecule has 0 spiro atoms. The van der Waals surface area contributed by atoms with E-state index in [9.17, 15) is 18.4 Å². The highest BCUT2D eigenvalue weighted by Gasteiger charge is 2.39. The number of halogens is 2. The van der Waals surface area contributed by atoms with E-state index in [2.05, 4.69) is 5.10 Å². The molecule has 1 atom stereocenters. The van der Waals surface area contributed by atoms with E-state index in [0.29, 0.717) is 11.3 Å². The Morgan fingerprint density at radius 2 is 2.00 bits per heavy atom. The van der Waals surface area contributed by atoms with E-state index in [0.717, 1.165) is 11.9 Å². The van der Waals surface area contributed by atoms with Crippen LogP contribution in [0.25, 0.3) is 0 Å². The van der Waals surface area contributed by atoms with Gasteiger partial charge in [0.25, 0.3) is 11.8 Å². The van der Waals surface area contributed by atoms with Crippen molar-refractivity contribution >= 4 is 23.1 Å². The van der Waals surface area contributed by atoms with Crippen molar-refractivity contribution in [2.75, 3.05) is 12.0 Å². The molecule has 1 aliphatic rings. The molecule has 0 aliphatic carbocycles. The molecule has 5 nitrogen and oxygen atoms in total. The molecule has 0 bridgehead atoms. The van der Waals surface area contributed by atoms with E-state index in [1.54, 1.807) is 13.0 Å². The highest BCUT2D eigenvalue weighted by Crippen LogP contribution is 2.29. The summed E-state index contributed by atoms with van der Waals surface area (Å²) in [6.07, 6.45) is -0.188. The molecule has 1 unspecified atom stereocenters. The first-order chi connectivity index (χ1) is 14.3. The van der Waals surface area contributed by atoms with Crippen LogP contribution < -0.4 is 9.75 Å². The lowest BCUT2D eigenvalue weighted by molar-refractivity contribution is -0.128. The van der Waals surface area contributed by atoms with Crippen LogP contribution in [0.15, 0.2) is 53.6 Å². The van der Waals surface area contributed by atoms with Crippen LogP contribution >= 0.6 is 0 Å². The van der Waals surface area contributed by atoms with Crippen LogP contribution in [0.1, 0.15) is 29.1 Å². The van der Waals surface area contributed by atoms with E-state index in [1.807, 2.05) is 0 Å². The second kappa shape index (κ2) is 7.50. The largest absolute Gasteiger partial charge is 0.497 e. The highest BCUT2D eigenvalue weighted by molar-refractivity contribution is 6.27. The van der Waals surface area contributed by atoms with Gasteiger partial charge in [-0.3, -0.25) is 9.59 Å². The van der Waals surface area contributed by atoms with Crippen LogP contribution in [0.3, 0.4) is 0 Å². The summed E-state index contributed by atoms with van der Waals surface area (Å²) in [7, 11) is -2.60. The molecule has 2 aromatic rings. The first-order valence-electron chi connectivity index (χ1n) is 10.0. The number of rotatable bonds is 6. The normalized spacial score (nSPS) is 18.9. The average Bonchev–Trinajstić information content (AvgIpc) is 2.95. The quantitative estimate of drug-likeness (QED) is 0.703. The van der Waals surface area contributed by atoms with Gasteiger partial charge < -0.3 is 4.74 Å².